The number of halogens is 4. The van der Waals surface area contributed by atoms with E-state index in [1.165, 1.54) is 0 Å². The highest BCUT2D eigenvalue weighted by molar-refractivity contribution is 8.13. The highest BCUT2D eigenvalue weighted by Crippen LogP contribution is 2.53. The van der Waals surface area contributed by atoms with E-state index in [4.69, 9.17) is 19.9 Å². The Kier molecular flexibility index (Phi) is 21.3. The molecule has 28 nitrogen and oxygen atoms in total. The lowest BCUT2D eigenvalue weighted by atomic mass is 9.93. The number of hydrogen-bond acceptors (Lipinski definition) is 20. The maximum atomic E-state index is 14.2. The number of carbonyl (C=O) groups excluding carboxylic acids is 6. The molecule has 0 saturated heterocycles. The van der Waals surface area contributed by atoms with Crippen LogP contribution in [0.2, 0.25) is 0 Å². The number of nitrogens with zero attached hydrogens (tertiary/aromatic N) is 22. The van der Waals surface area contributed by atoms with Crippen molar-refractivity contribution in [3.8, 4) is 44.8 Å². The fourth-order valence-electron chi connectivity index (χ4n) is 20.2. The minimum absolute atomic E-state index is 0.00908. The van der Waals surface area contributed by atoms with Gasteiger partial charge in [-0.25, -0.2) is 46.3 Å². The molecule has 12 aliphatic rings. The molecule has 8 aromatic heterocycles. The van der Waals surface area contributed by atoms with Crippen LogP contribution in [0.15, 0.2) is 119 Å². The van der Waals surface area contributed by atoms with Crippen LogP contribution >= 0.6 is 23.9 Å². The summed E-state index contributed by atoms with van der Waals surface area (Å²) in [7, 11) is 10.9. The van der Waals surface area contributed by atoms with Gasteiger partial charge >= 0.3 is 0 Å². The molecule has 4 aromatic carbocycles. The van der Waals surface area contributed by atoms with Crippen LogP contribution in [-0.4, -0.2) is 174 Å². The van der Waals surface area contributed by atoms with Gasteiger partial charge in [-0.1, -0.05) is 36.4 Å². The van der Waals surface area contributed by atoms with Crippen LogP contribution in [0.4, 0.5) is 40.6 Å². The van der Waals surface area contributed by atoms with E-state index in [0.29, 0.717) is 98.0 Å². The first kappa shape index (κ1) is 84.4. The summed E-state index contributed by atoms with van der Waals surface area (Å²) in [6.45, 7) is 11.3. The molecule has 0 unspecified atom stereocenters. The summed E-state index contributed by atoms with van der Waals surface area (Å²) in [5.74, 6) is 7.69. The standard InChI is InChI=1S/2C25H28F2N6O.2C23H21N5O2S/c2*1-14-25(34)30(2)13-21-24(29-23(33(14)21)15-6-7-15)32-8-4-5-16-9-18(17-11-28-31(3)12-17)19(22(26)27)10-20(16)32;2*1-12-23(30)27(2)11-19-21(25-22(28(12)19)13-6-7-13)15-5-3-4-14-8-17(24-10-16(14)15)18-9-20(29)31-26-18/h2*9-12,14-15,22H,4-8,13H2,1-3H3;2*3-5,8,10,12-13H,6-7,9,11H2,1-2H3/t2*14-;2*12-/m1010/s1. The molecule has 24 rings (SSSR count). The van der Waals surface area contributed by atoms with Crippen LogP contribution in [0.5, 0.6) is 0 Å². The molecule has 0 spiro atoms. The molecule has 4 aliphatic carbocycles. The van der Waals surface area contributed by atoms with E-state index >= 15 is 0 Å². The number of benzene rings is 4. The van der Waals surface area contributed by atoms with Gasteiger partial charge in [0.25, 0.3) is 12.9 Å². The lowest BCUT2D eigenvalue weighted by Crippen LogP contribution is -2.40. The fourth-order valence-corrected chi connectivity index (χ4v) is 21.4. The number of alkyl halides is 4. The van der Waals surface area contributed by atoms with Crippen molar-refractivity contribution < 1.29 is 46.3 Å². The molecular formula is C96H98F4N22O6S2. The molecule has 8 aliphatic heterocycles. The number of rotatable bonds is 14. The lowest BCUT2D eigenvalue weighted by Gasteiger charge is -2.35. The molecule has 4 saturated carbocycles. The molecule has 12 aromatic rings. The second kappa shape index (κ2) is 32.9. The maximum Gasteiger partial charge on any atom is 0.264 e. The van der Waals surface area contributed by atoms with Crippen molar-refractivity contribution in [2.24, 2.45) is 22.9 Å². The zero-order valence-corrected chi connectivity index (χ0v) is 75.6. The largest absolute Gasteiger partial charge is 0.338 e. The maximum absolute atomic E-state index is 14.2. The SMILES string of the molecule is C[C@@H]1C(=O)N(C)Cc2c(-c3cccc4cc(C5=NSC(=O)C5)ncc34)nc(C3CC3)n21.C[C@@H]1C(=O)N(C)Cc2c(N3CCCc4cc(-c5cnn(C)c5)c(C(F)F)cc43)nc(C3CC3)n21.C[C@H]1C(=O)N(C)Cc2c(-c3cccc4cc(C5=NSC(=O)C5)ncc34)nc(C3CC3)n21.C[C@H]1C(=O)N(C)Cc2c(N3CCCc4cc(-c5cnn(C)c5)c(C(F)F)cc43)nc(C3CC3)n21. The van der Waals surface area contributed by atoms with E-state index in [0.717, 1.165) is 248 Å². The summed E-state index contributed by atoms with van der Waals surface area (Å²) in [6, 6.07) is 22.3. The second-order valence-corrected chi connectivity index (χ2v) is 38.3. The Morgan fingerprint density at radius 3 is 1.08 bits per heavy atom. The average molecular weight is 1800 g/mol. The number of carbonyl (C=O) groups is 6. The first-order valence-electron chi connectivity index (χ1n) is 44.9. The Hall–Kier alpha value is -12.5. The van der Waals surface area contributed by atoms with Gasteiger partial charge in [-0.05, 0) is 174 Å². The summed E-state index contributed by atoms with van der Waals surface area (Å²) in [6.07, 6.45) is 18.3. The smallest absolute Gasteiger partial charge is 0.264 e. The van der Waals surface area contributed by atoms with E-state index in [1.807, 2.05) is 105 Å². The van der Waals surface area contributed by atoms with Crippen LogP contribution in [0.3, 0.4) is 0 Å². The van der Waals surface area contributed by atoms with Crippen molar-refractivity contribution in [3.63, 3.8) is 0 Å². The predicted molar refractivity (Wildman–Crippen MR) is 488 cm³/mol. The van der Waals surface area contributed by atoms with Gasteiger partial charge in [-0.2, -0.15) is 10.2 Å². The first-order valence-corrected chi connectivity index (χ1v) is 46.4. The van der Waals surface area contributed by atoms with E-state index < -0.39 is 12.9 Å². The molecule has 130 heavy (non-hydrogen) atoms. The average Bonchev–Trinajstić information content (AvgIpc) is 1.59. The van der Waals surface area contributed by atoms with Crippen LogP contribution in [-0.2, 0) is 81.9 Å². The van der Waals surface area contributed by atoms with E-state index in [-0.39, 0.29) is 69.2 Å². The van der Waals surface area contributed by atoms with Gasteiger partial charge in [-0.3, -0.25) is 48.1 Å². The highest BCUT2D eigenvalue weighted by atomic mass is 32.2. The van der Waals surface area contributed by atoms with Crippen LogP contribution in [0.1, 0.15) is 245 Å². The minimum atomic E-state index is -2.61. The van der Waals surface area contributed by atoms with Gasteiger partial charge in [-0.15, -0.1) is 0 Å². The number of imidazole rings is 4. The Balaban J connectivity index is 0.000000105. The molecule has 34 heteroatoms. The summed E-state index contributed by atoms with van der Waals surface area (Å²) >= 11 is 1.99. The summed E-state index contributed by atoms with van der Waals surface area (Å²) in [5, 5.41) is 12.6. The Morgan fingerprint density at radius 1 is 0.408 bits per heavy atom. The molecule has 16 heterocycles. The molecule has 0 radical (unpaired) electrons. The highest BCUT2D eigenvalue weighted by Gasteiger charge is 2.46. The van der Waals surface area contributed by atoms with Gasteiger partial charge in [0, 0.05) is 159 Å². The van der Waals surface area contributed by atoms with Crippen LogP contribution in [0, 0.1) is 0 Å². The number of aromatic nitrogens is 14. The number of pyridine rings is 2. The molecule has 4 atom stereocenters. The van der Waals surface area contributed by atoms with E-state index in [9.17, 15) is 46.3 Å². The predicted octanol–water partition coefficient (Wildman–Crippen LogP) is 17.2. The van der Waals surface area contributed by atoms with Gasteiger partial charge < -0.3 is 47.7 Å². The zero-order valence-electron chi connectivity index (χ0n) is 73.9. The van der Waals surface area contributed by atoms with Crippen LogP contribution < -0.4 is 9.80 Å². The third kappa shape index (κ3) is 15.0. The van der Waals surface area contributed by atoms with Crippen LogP contribution in [0.25, 0.3) is 66.3 Å². The number of amides is 4. The number of anilines is 4. The number of hydrogen-bond donors (Lipinski definition) is 0. The molecule has 0 bridgehead atoms. The third-order valence-corrected chi connectivity index (χ3v) is 28.7. The summed E-state index contributed by atoms with van der Waals surface area (Å²) in [5.41, 5.74) is 17.2. The first-order chi connectivity index (χ1) is 62.7. The lowest BCUT2D eigenvalue weighted by molar-refractivity contribution is -0.136. The molecule has 0 N–H and O–H groups in total. The summed E-state index contributed by atoms with van der Waals surface area (Å²) in [4.78, 5) is 115. The molecule has 4 amide bonds. The van der Waals surface area contributed by atoms with Crippen molar-refractivity contribution in [2.45, 2.75) is 204 Å². The van der Waals surface area contributed by atoms with Crippen molar-refractivity contribution in [2.75, 3.05) is 51.1 Å². The zero-order chi connectivity index (χ0) is 90.0. The topological polar surface area (TPSA) is 279 Å². The van der Waals surface area contributed by atoms with Crippen molar-refractivity contribution in [1.29, 1.82) is 0 Å². The van der Waals surface area contributed by atoms with Gasteiger partial charge in [0.05, 0.1) is 132 Å². The summed E-state index contributed by atoms with van der Waals surface area (Å²) < 4.78 is 77.3. The normalized spacial score (nSPS) is 20.6. The second-order valence-electron chi connectivity index (χ2n) is 36.7. The van der Waals surface area contributed by atoms with E-state index in [2.05, 4.69) is 81.3 Å². The number of aryl methyl sites for hydroxylation is 4. The van der Waals surface area contributed by atoms with E-state index in [1.54, 1.807) is 80.0 Å². The molecular weight excluding hydrogens is 1700 g/mol. The molecule has 4 fully saturated rings. The Bertz CT molecular complexity index is 6400. The number of likely N-dealkylation sites (N-methyl/N-ethyl adjacent to an activating group) is 4. The Morgan fingerprint density at radius 2 is 0.754 bits per heavy atom. The quantitative estimate of drug-likeness (QED) is 0.0722. The van der Waals surface area contributed by atoms with Gasteiger partial charge in [0.2, 0.25) is 33.9 Å². The fraction of sp³-hybridized carbons (Fsp3) is 0.417. The Labute approximate surface area is 755 Å². The van der Waals surface area contributed by atoms with Gasteiger partial charge in [0.1, 0.15) is 47.5 Å². The monoisotopic (exact) mass is 1790 g/mol. The van der Waals surface area contributed by atoms with Crippen molar-refractivity contribution in [3.05, 3.63) is 190 Å². The third-order valence-electron chi connectivity index (χ3n) is 27.4. The van der Waals surface area contributed by atoms with Crippen molar-refractivity contribution in [1.82, 2.24) is 87.3 Å². The van der Waals surface area contributed by atoms with Gasteiger partial charge in [0.15, 0.2) is 11.6 Å². The van der Waals surface area contributed by atoms with Crippen molar-refractivity contribution >= 4 is 114 Å². The molecule has 668 valence electrons. The number of fused-ring (bicyclic) bond motifs is 8. The minimum Gasteiger partial charge on any atom is -0.338 e.